The van der Waals surface area contributed by atoms with E-state index in [4.69, 9.17) is 14.5 Å². The summed E-state index contributed by atoms with van der Waals surface area (Å²) in [6, 6.07) is 6.90. The number of benzene rings is 1. The van der Waals surface area contributed by atoms with Crippen molar-refractivity contribution in [2.24, 2.45) is 10.9 Å². The second kappa shape index (κ2) is 12.9. The third-order valence-corrected chi connectivity index (χ3v) is 6.86. The molecular weight excluding hydrogens is 531 g/mol. The Bertz CT molecular complexity index is 792. The van der Waals surface area contributed by atoms with Crippen molar-refractivity contribution in [3.8, 4) is 0 Å². The number of rotatable bonds is 9. The molecule has 3 rings (SSSR count). The molecule has 31 heavy (non-hydrogen) atoms. The molecule has 10 heteroatoms. The largest absolute Gasteiger partial charge is 0.381 e. The Hall–Kier alpha value is -0.950. The van der Waals surface area contributed by atoms with E-state index in [1.807, 2.05) is 26.1 Å². The minimum atomic E-state index is -3.53. The number of sulfonamides is 1. The molecule has 8 nitrogen and oxygen atoms in total. The average molecular weight is 567 g/mol. The molecule has 0 amide bonds. The van der Waals surface area contributed by atoms with Crippen LogP contribution >= 0.6 is 24.0 Å². The number of aliphatic imine (C=N–C) groups is 1. The van der Waals surface area contributed by atoms with Crippen LogP contribution in [-0.4, -0.2) is 71.9 Å². The van der Waals surface area contributed by atoms with Crippen LogP contribution in [0, 0.1) is 5.92 Å². The number of halogens is 1. The van der Waals surface area contributed by atoms with Gasteiger partial charge in [-0.15, -0.1) is 24.0 Å². The van der Waals surface area contributed by atoms with Crippen LogP contribution in [0.5, 0.6) is 0 Å². The highest BCUT2D eigenvalue weighted by molar-refractivity contribution is 14.0. The summed E-state index contributed by atoms with van der Waals surface area (Å²) in [6.45, 7) is 6.89. The normalized spacial score (nSPS) is 21.7. The first-order valence-corrected chi connectivity index (χ1v) is 12.2. The predicted molar refractivity (Wildman–Crippen MR) is 132 cm³/mol. The third-order valence-electron chi connectivity index (χ3n) is 5.42. The molecule has 0 spiro atoms. The maximum Gasteiger partial charge on any atom is 0.240 e. The highest BCUT2D eigenvalue weighted by atomic mass is 127. The van der Waals surface area contributed by atoms with Gasteiger partial charge in [0.25, 0.3) is 0 Å². The van der Waals surface area contributed by atoms with Gasteiger partial charge in [0.15, 0.2) is 5.96 Å². The molecule has 2 atom stereocenters. The summed E-state index contributed by atoms with van der Waals surface area (Å²) in [5, 5.41) is 3.32. The highest BCUT2D eigenvalue weighted by Crippen LogP contribution is 2.15. The van der Waals surface area contributed by atoms with Crippen molar-refractivity contribution >= 4 is 40.0 Å². The summed E-state index contributed by atoms with van der Waals surface area (Å²) in [5.74, 6) is 1.38. The van der Waals surface area contributed by atoms with Crippen LogP contribution in [-0.2, 0) is 26.0 Å². The molecule has 0 aliphatic carbocycles. The number of nitrogens with one attached hydrogen (secondary N) is 2. The number of nitrogens with zero attached hydrogens (tertiary/aromatic N) is 2. The molecule has 1 aromatic rings. The summed E-state index contributed by atoms with van der Waals surface area (Å²) in [4.78, 5) is 7.11. The van der Waals surface area contributed by atoms with Crippen LogP contribution < -0.4 is 10.0 Å². The summed E-state index contributed by atoms with van der Waals surface area (Å²) in [6.07, 6.45) is 2.95. The monoisotopic (exact) mass is 566 g/mol. The zero-order chi connectivity index (χ0) is 21.4. The molecule has 2 N–H and O–H groups in total. The van der Waals surface area contributed by atoms with Crippen molar-refractivity contribution in [1.82, 2.24) is 14.9 Å². The first-order chi connectivity index (χ1) is 14.5. The standard InChI is InChI=1S/C21H34N4O4S.HI/c1-3-22-21(25(2)15-18-10-12-28-16-18)23-13-17-6-8-20(9-7-17)30(26,27)24-14-19-5-4-11-29-19;/h6-9,18-19,24H,3-5,10-16H2,1-2H3,(H,22,23);1H. The fraction of sp³-hybridized carbons (Fsp3) is 0.667. The van der Waals surface area contributed by atoms with Crippen molar-refractivity contribution in [1.29, 1.82) is 0 Å². The Balaban J connectivity index is 0.00000341. The van der Waals surface area contributed by atoms with Gasteiger partial charge in [-0.3, -0.25) is 0 Å². The van der Waals surface area contributed by atoms with Crippen LogP contribution in [0.3, 0.4) is 0 Å². The molecule has 0 radical (unpaired) electrons. The summed E-state index contributed by atoms with van der Waals surface area (Å²) in [5.41, 5.74) is 0.959. The maximum atomic E-state index is 12.5. The molecule has 2 aliphatic rings. The van der Waals surface area contributed by atoms with E-state index in [1.165, 1.54) is 0 Å². The number of hydrogen-bond acceptors (Lipinski definition) is 5. The van der Waals surface area contributed by atoms with E-state index in [9.17, 15) is 8.42 Å². The summed E-state index contributed by atoms with van der Waals surface area (Å²) >= 11 is 0. The Morgan fingerprint density at radius 3 is 2.61 bits per heavy atom. The van der Waals surface area contributed by atoms with Gasteiger partial charge >= 0.3 is 0 Å². The molecule has 0 bridgehead atoms. The van der Waals surface area contributed by atoms with E-state index in [-0.39, 0.29) is 35.0 Å². The zero-order valence-electron chi connectivity index (χ0n) is 18.4. The average Bonchev–Trinajstić information content (AvgIpc) is 3.44. The lowest BCUT2D eigenvalue weighted by Gasteiger charge is -2.24. The fourth-order valence-corrected chi connectivity index (χ4v) is 4.77. The quantitative estimate of drug-likeness (QED) is 0.271. The third kappa shape index (κ3) is 8.16. The van der Waals surface area contributed by atoms with Gasteiger partial charge in [-0.1, -0.05) is 12.1 Å². The van der Waals surface area contributed by atoms with Crippen LogP contribution in [0.15, 0.2) is 34.2 Å². The highest BCUT2D eigenvalue weighted by Gasteiger charge is 2.21. The van der Waals surface area contributed by atoms with Crippen LogP contribution in [0.2, 0.25) is 0 Å². The van der Waals surface area contributed by atoms with Crippen molar-refractivity contribution in [2.45, 2.75) is 43.7 Å². The van der Waals surface area contributed by atoms with Gasteiger partial charge in [0.2, 0.25) is 10.0 Å². The minimum absolute atomic E-state index is 0. The van der Waals surface area contributed by atoms with Crippen molar-refractivity contribution in [3.05, 3.63) is 29.8 Å². The van der Waals surface area contributed by atoms with E-state index in [0.717, 1.165) is 57.1 Å². The lowest BCUT2D eigenvalue weighted by atomic mass is 10.1. The molecule has 0 saturated carbocycles. The summed E-state index contributed by atoms with van der Waals surface area (Å²) in [7, 11) is -1.49. The predicted octanol–water partition coefficient (Wildman–Crippen LogP) is 2.20. The van der Waals surface area contributed by atoms with E-state index in [1.54, 1.807) is 12.1 Å². The fourth-order valence-electron chi connectivity index (χ4n) is 3.70. The molecular formula is C21H35IN4O4S. The molecule has 176 valence electrons. The van der Waals surface area contributed by atoms with E-state index in [2.05, 4.69) is 14.9 Å². The van der Waals surface area contributed by atoms with Crippen LogP contribution in [0.25, 0.3) is 0 Å². The Morgan fingerprint density at radius 1 is 1.23 bits per heavy atom. The molecule has 2 saturated heterocycles. The number of guanidine groups is 1. The second-order valence-electron chi connectivity index (χ2n) is 7.91. The Morgan fingerprint density at radius 2 is 2.00 bits per heavy atom. The molecule has 2 unspecified atom stereocenters. The van der Waals surface area contributed by atoms with Gasteiger partial charge < -0.3 is 19.7 Å². The van der Waals surface area contributed by atoms with Gasteiger partial charge in [-0.2, -0.15) is 0 Å². The van der Waals surface area contributed by atoms with Gasteiger partial charge in [-0.25, -0.2) is 18.1 Å². The molecule has 2 heterocycles. The van der Waals surface area contributed by atoms with Crippen molar-refractivity contribution in [2.75, 3.05) is 46.5 Å². The minimum Gasteiger partial charge on any atom is -0.381 e. The molecule has 1 aromatic carbocycles. The van der Waals surface area contributed by atoms with Gasteiger partial charge in [-0.05, 0) is 43.9 Å². The molecule has 2 fully saturated rings. The zero-order valence-corrected chi connectivity index (χ0v) is 21.5. The Kier molecular flexibility index (Phi) is 11.0. The lowest BCUT2D eigenvalue weighted by molar-refractivity contribution is 0.114. The smallest absolute Gasteiger partial charge is 0.240 e. The van der Waals surface area contributed by atoms with E-state index in [0.29, 0.717) is 25.6 Å². The van der Waals surface area contributed by atoms with Crippen molar-refractivity contribution in [3.63, 3.8) is 0 Å². The molecule has 0 aromatic heterocycles. The van der Waals surface area contributed by atoms with Gasteiger partial charge in [0, 0.05) is 45.8 Å². The topological polar surface area (TPSA) is 92.3 Å². The number of hydrogen-bond donors (Lipinski definition) is 2. The van der Waals surface area contributed by atoms with E-state index >= 15 is 0 Å². The molecule has 2 aliphatic heterocycles. The van der Waals surface area contributed by atoms with Crippen LogP contribution in [0.1, 0.15) is 31.7 Å². The second-order valence-corrected chi connectivity index (χ2v) is 9.68. The first-order valence-electron chi connectivity index (χ1n) is 10.8. The van der Waals surface area contributed by atoms with Gasteiger partial charge in [0.05, 0.1) is 24.2 Å². The van der Waals surface area contributed by atoms with Crippen LogP contribution in [0.4, 0.5) is 0 Å². The SMILES string of the molecule is CCNC(=NCc1ccc(S(=O)(=O)NCC2CCCO2)cc1)N(C)CC1CCOC1.I. The maximum absolute atomic E-state index is 12.5. The first kappa shape index (κ1) is 26.3. The Labute approximate surface area is 203 Å². The van der Waals surface area contributed by atoms with E-state index < -0.39 is 10.0 Å². The lowest BCUT2D eigenvalue weighted by Crippen LogP contribution is -2.41. The summed E-state index contributed by atoms with van der Waals surface area (Å²) < 4.78 is 38.6. The van der Waals surface area contributed by atoms with Gasteiger partial charge in [0.1, 0.15) is 0 Å². The van der Waals surface area contributed by atoms with Crippen molar-refractivity contribution < 1.29 is 17.9 Å². The number of ether oxygens (including phenoxy) is 2.